The number of nitrogens with zero attached hydrogens (tertiary/aromatic N) is 1. The predicted octanol–water partition coefficient (Wildman–Crippen LogP) is -0.638. The molecule has 128 valence electrons. The van der Waals surface area contributed by atoms with Crippen LogP contribution in [0.2, 0.25) is 0 Å². The third-order valence-electron chi connectivity index (χ3n) is 4.09. The minimum atomic E-state index is -1.28. The van der Waals surface area contributed by atoms with Crippen LogP contribution < -0.4 is 15.2 Å². The Balaban J connectivity index is 1.59. The number of ether oxygens (including phenoxy) is 1. The summed E-state index contributed by atoms with van der Waals surface area (Å²) in [4.78, 5) is 36.8. The molecule has 0 spiro atoms. The van der Waals surface area contributed by atoms with Crippen LogP contribution in [0.25, 0.3) is 0 Å². The summed E-state index contributed by atoms with van der Waals surface area (Å²) in [6, 6.07) is 7.14. The number of hydrogen-bond acceptors (Lipinski definition) is 6. The quantitative estimate of drug-likeness (QED) is 0.710. The first-order valence-corrected chi connectivity index (χ1v) is 8.37. The molecule has 2 aliphatic heterocycles. The fraction of sp³-hybridized carbons (Fsp3) is 0.438. The Morgan fingerprint density at radius 3 is 2.62 bits per heavy atom. The van der Waals surface area contributed by atoms with Crippen molar-refractivity contribution < 1.29 is 24.2 Å². The maximum Gasteiger partial charge on any atom is 0.258 e. The van der Waals surface area contributed by atoms with E-state index in [1.54, 1.807) is 38.1 Å². The molecule has 3 atom stereocenters. The first-order chi connectivity index (χ1) is 11.3. The molecule has 8 heteroatoms. The minimum absolute atomic E-state index is 0.210. The van der Waals surface area contributed by atoms with Crippen molar-refractivity contribution in [3.8, 4) is 5.75 Å². The van der Waals surface area contributed by atoms with Crippen LogP contribution in [0.5, 0.6) is 5.75 Å². The molecule has 2 saturated heterocycles. The van der Waals surface area contributed by atoms with Crippen LogP contribution in [-0.4, -0.2) is 51.5 Å². The zero-order valence-electron chi connectivity index (χ0n) is 13.2. The van der Waals surface area contributed by atoms with Gasteiger partial charge in [0.2, 0.25) is 5.91 Å². The standard InChI is InChI=1S/C16H18N2O5S/c1-16(2)12(15(21)22)18-13(20)11(14(18)24-16)17-10(19)8-23-9-6-4-3-5-7-9/h3-7,11-12,14H,8H2,1-2H3,(H,17,19)(H,21,22)/p-1/t11-,12-,14-/m1/s1. The van der Waals surface area contributed by atoms with Crippen molar-refractivity contribution in [1.29, 1.82) is 0 Å². The molecule has 1 aromatic carbocycles. The highest BCUT2D eigenvalue weighted by molar-refractivity contribution is 8.01. The molecule has 0 aliphatic carbocycles. The van der Waals surface area contributed by atoms with E-state index in [-0.39, 0.29) is 6.61 Å². The molecule has 0 aromatic heterocycles. The van der Waals surface area contributed by atoms with Gasteiger partial charge in [-0.05, 0) is 26.0 Å². The highest BCUT2D eigenvalue weighted by Gasteiger charge is 2.62. The van der Waals surface area contributed by atoms with Gasteiger partial charge in [0.1, 0.15) is 17.2 Å². The average Bonchev–Trinajstić information content (AvgIpc) is 2.80. The lowest BCUT2D eigenvalue weighted by Gasteiger charge is -2.45. The number of aliphatic carboxylic acids is 1. The molecule has 1 aromatic rings. The molecule has 2 fully saturated rings. The van der Waals surface area contributed by atoms with Gasteiger partial charge in [-0.2, -0.15) is 0 Å². The van der Waals surface area contributed by atoms with Gasteiger partial charge in [-0.1, -0.05) is 18.2 Å². The Hall–Kier alpha value is -2.22. The largest absolute Gasteiger partial charge is 0.548 e. The summed E-state index contributed by atoms with van der Waals surface area (Å²) in [6.45, 7) is 3.29. The number of β-lactam (4-membered cyclic amide) rings is 1. The van der Waals surface area contributed by atoms with Crippen molar-refractivity contribution in [2.24, 2.45) is 0 Å². The molecule has 2 aliphatic rings. The van der Waals surface area contributed by atoms with Gasteiger partial charge in [0.15, 0.2) is 6.61 Å². The molecule has 3 rings (SSSR count). The van der Waals surface area contributed by atoms with Crippen LogP contribution in [-0.2, 0) is 14.4 Å². The zero-order chi connectivity index (χ0) is 17.5. The fourth-order valence-corrected chi connectivity index (χ4v) is 4.63. The van der Waals surface area contributed by atoms with E-state index in [4.69, 9.17) is 4.74 Å². The first-order valence-electron chi connectivity index (χ1n) is 7.49. The van der Waals surface area contributed by atoms with E-state index in [0.29, 0.717) is 5.75 Å². The molecule has 0 saturated carbocycles. The van der Waals surface area contributed by atoms with E-state index >= 15 is 0 Å². The Morgan fingerprint density at radius 1 is 1.33 bits per heavy atom. The zero-order valence-corrected chi connectivity index (χ0v) is 14.0. The Morgan fingerprint density at radius 2 is 2.00 bits per heavy atom. The van der Waals surface area contributed by atoms with Gasteiger partial charge in [-0.15, -0.1) is 11.8 Å². The van der Waals surface area contributed by atoms with E-state index in [2.05, 4.69) is 5.32 Å². The molecule has 0 unspecified atom stereocenters. The van der Waals surface area contributed by atoms with Crippen molar-refractivity contribution in [1.82, 2.24) is 10.2 Å². The van der Waals surface area contributed by atoms with E-state index < -0.39 is 40.0 Å². The van der Waals surface area contributed by atoms with Gasteiger partial charge in [-0.25, -0.2) is 0 Å². The maximum atomic E-state index is 12.2. The first kappa shape index (κ1) is 16.6. The molecule has 2 heterocycles. The number of nitrogens with one attached hydrogen (secondary N) is 1. The van der Waals surface area contributed by atoms with Crippen molar-refractivity contribution in [2.45, 2.75) is 36.1 Å². The van der Waals surface area contributed by atoms with Gasteiger partial charge in [0.05, 0.1) is 12.0 Å². The summed E-state index contributed by atoms with van der Waals surface area (Å²) in [6.07, 6.45) is 0. The lowest BCUT2D eigenvalue weighted by atomic mass is 9.96. The summed E-state index contributed by atoms with van der Waals surface area (Å²) in [7, 11) is 0. The summed E-state index contributed by atoms with van der Waals surface area (Å²) in [5.74, 6) is -1.55. The SMILES string of the molecule is CC1(C)S[C@@H]2[C@H](NC(=O)COc3ccccc3)C(=O)N2[C@@H]1C(=O)[O-]. The lowest BCUT2D eigenvalue weighted by molar-refractivity contribution is -0.312. The Bertz CT molecular complexity index is 678. The number of carbonyl (C=O) groups excluding carboxylic acids is 3. The maximum absolute atomic E-state index is 12.2. The van der Waals surface area contributed by atoms with E-state index in [1.807, 2.05) is 6.07 Å². The highest BCUT2D eigenvalue weighted by Crippen LogP contribution is 2.50. The molecule has 24 heavy (non-hydrogen) atoms. The van der Waals surface area contributed by atoms with Crippen LogP contribution in [0.4, 0.5) is 0 Å². The Kier molecular flexibility index (Phi) is 4.16. The minimum Gasteiger partial charge on any atom is -0.548 e. The smallest absolute Gasteiger partial charge is 0.258 e. The average molecular weight is 349 g/mol. The number of para-hydroxylation sites is 1. The van der Waals surface area contributed by atoms with Gasteiger partial charge < -0.3 is 24.9 Å². The molecular weight excluding hydrogens is 332 g/mol. The second-order valence-corrected chi connectivity index (χ2v) is 8.00. The van der Waals surface area contributed by atoms with Crippen LogP contribution >= 0.6 is 11.8 Å². The summed E-state index contributed by atoms with van der Waals surface area (Å²) < 4.78 is 4.67. The number of thioether (sulfide) groups is 1. The van der Waals surface area contributed by atoms with E-state index in [1.165, 1.54) is 16.7 Å². The molecular formula is C16H17N2O5S-. The number of hydrogen-bond donors (Lipinski definition) is 1. The number of rotatable bonds is 5. The number of fused-ring (bicyclic) bond motifs is 1. The monoisotopic (exact) mass is 349 g/mol. The van der Waals surface area contributed by atoms with Gasteiger partial charge in [-0.3, -0.25) is 9.59 Å². The van der Waals surface area contributed by atoms with Crippen molar-refractivity contribution in [3.63, 3.8) is 0 Å². The van der Waals surface area contributed by atoms with E-state index in [0.717, 1.165) is 0 Å². The van der Waals surface area contributed by atoms with Crippen LogP contribution in [0.1, 0.15) is 13.8 Å². The van der Waals surface area contributed by atoms with Crippen molar-refractivity contribution in [3.05, 3.63) is 30.3 Å². The molecule has 2 amide bonds. The molecule has 7 nitrogen and oxygen atoms in total. The van der Waals surface area contributed by atoms with Crippen molar-refractivity contribution >= 4 is 29.5 Å². The van der Waals surface area contributed by atoms with Gasteiger partial charge in [0, 0.05) is 4.75 Å². The summed E-state index contributed by atoms with van der Waals surface area (Å²) >= 11 is 1.35. The normalized spacial score (nSPS) is 27.2. The third-order valence-corrected chi connectivity index (χ3v) is 5.67. The predicted molar refractivity (Wildman–Crippen MR) is 85.0 cm³/mol. The lowest BCUT2D eigenvalue weighted by Crippen LogP contribution is -2.71. The number of carboxylic acid groups (broad SMARTS) is 1. The number of amides is 2. The number of carboxylic acids is 1. The van der Waals surface area contributed by atoms with Gasteiger partial charge in [0.25, 0.3) is 5.91 Å². The third kappa shape index (κ3) is 2.82. The summed E-state index contributed by atoms with van der Waals surface area (Å²) in [5, 5.41) is 13.5. The van der Waals surface area contributed by atoms with Crippen LogP contribution in [0.3, 0.4) is 0 Å². The van der Waals surface area contributed by atoms with Crippen LogP contribution in [0.15, 0.2) is 30.3 Å². The van der Waals surface area contributed by atoms with Crippen LogP contribution in [0, 0.1) is 0 Å². The number of benzene rings is 1. The molecule has 0 radical (unpaired) electrons. The summed E-state index contributed by atoms with van der Waals surface area (Å²) in [5.41, 5.74) is 0. The second kappa shape index (κ2) is 6.01. The van der Waals surface area contributed by atoms with Gasteiger partial charge >= 0.3 is 0 Å². The second-order valence-electron chi connectivity index (χ2n) is 6.23. The topological polar surface area (TPSA) is 98.8 Å². The fourth-order valence-electron chi connectivity index (χ4n) is 3.01. The Labute approximate surface area is 143 Å². The van der Waals surface area contributed by atoms with E-state index in [9.17, 15) is 19.5 Å². The number of carbonyl (C=O) groups is 3. The van der Waals surface area contributed by atoms with Crippen molar-refractivity contribution in [2.75, 3.05) is 6.61 Å². The highest BCUT2D eigenvalue weighted by atomic mass is 32.2. The molecule has 1 N–H and O–H groups in total. The molecule has 0 bridgehead atoms.